The van der Waals surface area contributed by atoms with Gasteiger partial charge in [-0.25, -0.2) is 0 Å². The summed E-state index contributed by atoms with van der Waals surface area (Å²) in [5.41, 5.74) is 1.23. The highest BCUT2D eigenvalue weighted by Gasteiger charge is 1.86. The van der Waals surface area contributed by atoms with Crippen LogP contribution in [0.1, 0.15) is 5.56 Å². The van der Waals surface area contributed by atoms with Crippen LogP contribution in [-0.2, 0) is 0 Å². The van der Waals surface area contributed by atoms with Crippen LogP contribution in [0.5, 0.6) is 0 Å². The lowest BCUT2D eigenvalue weighted by atomic mass is 10.2. The van der Waals surface area contributed by atoms with E-state index in [1.165, 1.54) is 5.56 Å². The van der Waals surface area contributed by atoms with Crippen molar-refractivity contribution in [1.29, 1.82) is 0 Å². The molecule has 0 bridgehead atoms. The van der Waals surface area contributed by atoms with Crippen LogP contribution >= 0.6 is 25.2 Å². The monoisotopic (exact) mass is 201 g/mol. The van der Waals surface area contributed by atoms with Gasteiger partial charge in [-0.2, -0.15) is 0 Å². The first-order valence-electron chi connectivity index (χ1n) is 2.63. The molecule has 1 aromatic carbocycles. The molecule has 0 saturated carbocycles. The summed E-state index contributed by atoms with van der Waals surface area (Å²) in [7, 11) is 2.57. The van der Waals surface area contributed by atoms with Crippen LogP contribution in [0, 0.1) is 6.16 Å². The molecule has 1 atom stereocenters. The Bertz CT molecular complexity index is 181. The van der Waals surface area contributed by atoms with E-state index in [4.69, 9.17) is 0 Å². The molecule has 1 unspecified atom stereocenters. The van der Waals surface area contributed by atoms with Crippen LogP contribution in [0.15, 0.2) is 28.7 Å². The van der Waals surface area contributed by atoms with Gasteiger partial charge in [-0.3, -0.25) is 0 Å². The molecule has 0 amide bonds. The first kappa shape index (κ1) is 7.24. The average molecular weight is 202 g/mol. The van der Waals surface area contributed by atoms with E-state index in [2.05, 4.69) is 37.3 Å². The summed E-state index contributed by atoms with van der Waals surface area (Å²) in [6, 6.07) is 8.15. The molecule has 0 aliphatic rings. The fourth-order valence-corrected chi connectivity index (χ4v) is 1.06. The molecule has 0 N–H and O–H groups in total. The Morgan fingerprint density at radius 3 is 2.22 bits per heavy atom. The van der Waals surface area contributed by atoms with Crippen molar-refractivity contribution in [2.75, 3.05) is 0 Å². The Morgan fingerprint density at radius 2 is 1.78 bits per heavy atom. The quantitative estimate of drug-likeness (QED) is 0.614. The number of hydrogen-bond donors (Lipinski definition) is 0. The lowest BCUT2D eigenvalue weighted by molar-refractivity contribution is 1.56. The highest BCUT2D eigenvalue weighted by Crippen LogP contribution is 2.13. The third-order valence-corrected chi connectivity index (χ3v) is 1.98. The Labute approximate surface area is 66.0 Å². The van der Waals surface area contributed by atoms with Crippen molar-refractivity contribution in [3.63, 3.8) is 0 Å². The predicted molar refractivity (Wildman–Crippen MR) is 47.3 cm³/mol. The second-order valence-corrected chi connectivity index (χ2v) is 2.97. The van der Waals surface area contributed by atoms with Crippen molar-refractivity contribution >= 4 is 25.2 Å². The third kappa shape index (κ3) is 2.08. The van der Waals surface area contributed by atoms with Gasteiger partial charge in [-0.15, -0.1) is 9.24 Å². The van der Waals surface area contributed by atoms with E-state index in [9.17, 15) is 0 Å². The molecular weight excluding hydrogens is 195 g/mol. The number of benzene rings is 1. The van der Waals surface area contributed by atoms with Gasteiger partial charge in [0.1, 0.15) is 0 Å². The molecule has 0 fully saturated rings. The van der Waals surface area contributed by atoms with Crippen LogP contribution in [-0.4, -0.2) is 0 Å². The molecule has 0 saturated heterocycles. The lowest BCUT2D eigenvalue weighted by Crippen LogP contribution is -1.70. The smallest absolute Gasteiger partial charge is 0.0175 e. The number of rotatable bonds is 1. The fourth-order valence-electron chi connectivity index (χ4n) is 0.574. The highest BCUT2D eigenvalue weighted by molar-refractivity contribution is 9.10. The molecule has 0 spiro atoms. The van der Waals surface area contributed by atoms with E-state index in [0.717, 1.165) is 4.47 Å². The van der Waals surface area contributed by atoms with Gasteiger partial charge in [0.15, 0.2) is 0 Å². The van der Waals surface area contributed by atoms with Crippen molar-refractivity contribution < 1.29 is 0 Å². The average Bonchev–Trinajstić information content (AvgIpc) is 1.90. The minimum atomic E-state index is 1.12. The van der Waals surface area contributed by atoms with Gasteiger partial charge >= 0.3 is 0 Å². The van der Waals surface area contributed by atoms with Gasteiger partial charge < -0.3 is 0 Å². The zero-order chi connectivity index (χ0) is 6.69. The first-order valence-corrected chi connectivity index (χ1v) is 4.09. The summed E-state index contributed by atoms with van der Waals surface area (Å²) in [4.78, 5) is 0. The number of hydrogen-bond acceptors (Lipinski definition) is 0. The summed E-state index contributed by atoms with van der Waals surface area (Å²) in [6.07, 6.45) is 1.99. The topological polar surface area (TPSA) is 0 Å². The Balaban J connectivity index is 2.88. The number of halogens is 1. The maximum absolute atomic E-state index is 3.35. The van der Waals surface area contributed by atoms with Crippen molar-refractivity contribution in [3.8, 4) is 0 Å². The Hall–Kier alpha value is 0.130. The molecule has 0 aliphatic heterocycles. The maximum Gasteiger partial charge on any atom is 0.0175 e. The highest BCUT2D eigenvalue weighted by atomic mass is 79.9. The molecule has 2 heteroatoms. The zero-order valence-corrected chi connectivity index (χ0v) is 7.58. The summed E-state index contributed by atoms with van der Waals surface area (Å²) < 4.78 is 1.12. The van der Waals surface area contributed by atoms with E-state index in [1.807, 2.05) is 18.3 Å². The largest absolute Gasteiger partial charge is 0.129 e. The molecule has 0 heterocycles. The van der Waals surface area contributed by atoms with Crippen molar-refractivity contribution in [1.82, 2.24) is 0 Å². The van der Waals surface area contributed by atoms with E-state index in [1.54, 1.807) is 0 Å². The molecule has 47 valence electrons. The lowest BCUT2D eigenvalue weighted by Gasteiger charge is -1.92. The summed E-state index contributed by atoms with van der Waals surface area (Å²) in [5.74, 6) is 0. The van der Waals surface area contributed by atoms with Crippen LogP contribution < -0.4 is 0 Å². The SMILES string of the molecule is P[CH]c1ccc(Br)cc1. The Kier molecular flexibility index (Phi) is 2.68. The zero-order valence-electron chi connectivity index (χ0n) is 4.84. The van der Waals surface area contributed by atoms with Crippen LogP contribution in [0.25, 0.3) is 0 Å². The Morgan fingerprint density at radius 1 is 1.22 bits per heavy atom. The summed E-state index contributed by atoms with van der Waals surface area (Å²) in [5, 5.41) is 0. The van der Waals surface area contributed by atoms with Gasteiger partial charge in [0.2, 0.25) is 0 Å². The maximum atomic E-state index is 3.35. The van der Waals surface area contributed by atoms with E-state index >= 15 is 0 Å². The molecule has 0 aliphatic carbocycles. The van der Waals surface area contributed by atoms with Crippen LogP contribution in [0.3, 0.4) is 0 Å². The minimum absolute atomic E-state index is 1.12. The molecule has 1 rings (SSSR count). The minimum Gasteiger partial charge on any atom is -0.129 e. The van der Waals surface area contributed by atoms with Gasteiger partial charge in [-0.1, -0.05) is 28.1 Å². The third-order valence-electron chi connectivity index (χ3n) is 1.06. The predicted octanol–water partition coefficient (Wildman–Crippen LogP) is 2.83. The second-order valence-electron chi connectivity index (χ2n) is 1.72. The summed E-state index contributed by atoms with van der Waals surface area (Å²) >= 11 is 3.35. The standard InChI is InChI=1S/C7H7BrP/c8-7-3-1-6(5-9)2-4-7/h1-5H,9H2. The van der Waals surface area contributed by atoms with Crippen LogP contribution in [0.2, 0.25) is 0 Å². The van der Waals surface area contributed by atoms with Crippen molar-refractivity contribution in [3.05, 3.63) is 40.5 Å². The van der Waals surface area contributed by atoms with E-state index in [-0.39, 0.29) is 0 Å². The van der Waals surface area contributed by atoms with Gasteiger partial charge in [-0.05, 0) is 17.7 Å². The molecule has 1 aromatic rings. The van der Waals surface area contributed by atoms with Crippen LogP contribution in [0.4, 0.5) is 0 Å². The van der Waals surface area contributed by atoms with Gasteiger partial charge in [0, 0.05) is 10.6 Å². The summed E-state index contributed by atoms with van der Waals surface area (Å²) in [6.45, 7) is 0. The van der Waals surface area contributed by atoms with Crippen molar-refractivity contribution in [2.24, 2.45) is 0 Å². The normalized spacial score (nSPS) is 9.56. The van der Waals surface area contributed by atoms with E-state index in [0.29, 0.717) is 0 Å². The van der Waals surface area contributed by atoms with E-state index < -0.39 is 0 Å². The second kappa shape index (κ2) is 3.34. The molecular formula is C7H7BrP. The molecule has 0 aromatic heterocycles. The van der Waals surface area contributed by atoms with Crippen molar-refractivity contribution in [2.45, 2.75) is 0 Å². The first-order chi connectivity index (χ1) is 4.33. The van der Waals surface area contributed by atoms with Gasteiger partial charge in [0.25, 0.3) is 0 Å². The van der Waals surface area contributed by atoms with Gasteiger partial charge in [0.05, 0.1) is 0 Å². The molecule has 1 radical (unpaired) electrons. The molecule has 0 nitrogen and oxygen atoms in total. The molecule has 9 heavy (non-hydrogen) atoms. The fraction of sp³-hybridized carbons (Fsp3) is 0.